The summed E-state index contributed by atoms with van der Waals surface area (Å²) in [5.41, 5.74) is 1.75. The quantitative estimate of drug-likeness (QED) is 0.754. The summed E-state index contributed by atoms with van der Waals surface area (Å²) in [7, 11) is 0. The van der Waals surface area contributed by atoms with E-state index >= 15 is 0 Å². The highest BCUT2D eigenvalue weighted by atomic mass is 79.9. The molecule has 0 atom stereocenters. The topological polar surface area (TPSA) is 23.8 Å². The minimum absolute atomic E-state index is 0.698. The van der Waals surface area contributed by atoms with Gasteiger partial charge in [-0.2, -0.15) is 5.26 Å². The fraction of sp³-hybridized carbons (Fsp3) is 0. The van der Waals surface area contributed by atoms with Crippen molar-refractivity contribution in [2.75, 3.05) is 0 Å². The number of hydrogen-bond donors (Lipinski definition) is 0. The lowest BCUT2D eigenvalue weighted by atomic mass is 10.0. The minimum atomic E-state index is 0.698. The van der Waals surface area contributed by atoms with Crippen molar-refractivity contribution in [1.29, 1.82) is 5.26 Å². The van der Waals surface area contributed by atoms with E-state index in [1.54, 1.807) is 6.08 Å². The van der Waals surface area contributed by atoms with Gasteiger partial charge in [0.05, 0.1) is 11.6 Å². The molecule has 0 N–H and O–H groups in total. The predicted molar refractivity (Wildman–Crippen MR) is 66.5 cm³/mol. The van der Waals surface area contributed by atoms with Crippen molar-refractivity contribution in [3.05, 3.63) is 52.5 Å². The van der Waals surface area contributed by atoms with E-state index in [-0.39, 0.29) is 0 Å². The van der Waals surface area contributed by atoms with Crippen LogP contribution in [0.4, 0.5) is 0 Å². The Labute approximate surface area is 96.8 Å². The van der Waals surface area contributed by atoms with E-state index in [9.17, 15) is 0 Å². The Kier molecular flexibility index (Phi) is 2.57. The van der Waals surface area contributed by atoms with E-state index in [4.69, 9.17) is 5.26 Å². The van der Waals surface area contributed by atoms with E-state index in [0.717, 1.165) is 20.8 Å². The molecule has 0 unspecified atom stereocenters. The van der Waals surface area contributed by atoms with Crippen LogP contribution in [0.1, 0.15) is 11.1 Å². The molecule has 0 aromatic heterocycles. The molecule has 0 aliphatic rings. The Morgan fingerprint density at radius 1 is 1.20 bits per heavy atom. The molecule has 0 fully saturated rings. The van der Waals surface area contributed by atoms with E-state index in [2.05, 4.69) is 28.6 Å². The fourth-order valence-corrected chi connectivity index (χ4v) is 2.02. The highest BCUT2D eigenvalue weighted by molar-refractivity contribution is 9.10. The highest BCUT2D eigenvalue weighted by Gasteiger charge is 2.03. The average molecular weight is 258 g/mol. The largest absolute Gasteiger partial charge is 0.192 e. The van der Waals surface area contributed by atoms with E-state index in [1.807, 2.05) is 30.3 Å². The van der Waals surface area contributed by atoms with Crippen molar-refractivity contribution in [3.63, 3.8) is 0 Å². The average Bonchev–Trinajstić information content (AvgIpc) is 2.29. The molecule has 0 bridgehead atoms. The summed E-state index contributed by atoms with van der Waals surface area (Å²) >= 11 is 3.48. The molecule has 0 amide bonds. The summed E-state index contributed by atoms with van der Waals surface area (Å²) in [6.07, 6.45) is 1.80. The predicted octanol–water partition coefficient (Wildman–Crippen LogP) is 4.12. The molecule has 0 saturated heterocycles. The van der Waals surface area contributed by atoms with Gasteiger partial charge in [-0.05, 0) is 29.1 Å². The van der Waals surface area contributed by atoms with Crippen molar-refractivity contribution in [3.8, 4) is 6.07 Å². The van der Waals surface area contributed by atoms with Gasteiger partial charge in [0.15, 0.2) is 0 Å². The first-order valence-electron chi connectivity index (χ1n) is 4.51. The van der Waals surface area contributed by atoms with Crippen LogP contribution in [0.3, 0.4) is 0 Å². The number of benzene rings is 2. The first-order chi connectivity index (χ1) is 7.26. The van der Waals surface area contributed by atoms with Gasteiger partial charge in [-0.3, -0.25) is 0 Å². The van der Waals surface area contributed by atoms with Crippen molar-refractivity contribution in [1.82, 2.24) is 0 Å². The number of fused-ring (bicyclic) bond motifs is 1. The van der Waals surface area contributed by atoms with E-state index in [1.165, 1.54) is 0 Å². The lowest BCUT2D eigenvalue weighted by Crippen LogP contribution is -1.82. The second-order valence-electron chi connectivity index (χ2n) is 3.22. The highest BCUT2D eigenvalue weighted by Crippen LogP contribution is 2.27. The van der Waals surface area contributed by atoms with Crippen LogP contribution in [0.5, 0.6) is 0 Å². The van der Waals surface area contributed by atoms with Gasteiger partial charge in [-0.15, -0.1) is 0 Å². The maximum absolute atomic E-state index is 8.97. The van der Waals surface area contributed by atoms with Crippen molar-refractivity contribution < 1.29 is 0 Å². The second kappa shape index (κ2) is 3.88. The maximum Gasteiger partial charge on any atom is 0.0998 e. The number of hydrogen-bond acceptors (Lipinski definition) is 1. The molecule has 0 aliphatic carbocycles. The summed E-state index contributed by atoms with van der Waals surface area (Å²) < 4.78 is 1.00. The molecule has 1 nitrogen and oxygen atoms in total. The zero-order chi connectivity index (χ0) is 10.8. The van der Waals surface area contributed by atoms with Crippen LogP contribution >= 0.6 is 15.9 Å². The molecule has 0 aliphatic heterocycles. The van der Waals surface area contributed by atoms with E-state index < -0.39 is 0 Å². The van der Waals surface area contributed by atoms with Crippen LogP contribution in [0.2, 0.25) is 0 Å². The van der Waals surface area contributed by atoms with Crippen LogP contribution < -0.4 is 0 Å². The van der Waals surface area contributed by atoms with Crippen LogP contribution in [-0.2, 0) is 0 Å². The Morgan fingerprint density at radius 3 is 2.67 bits per heavy atom. The monoisotopic (exact) mass is 257 g/mol. The van der Waals surface area contributed by atoms with Crippen LogP contribution in [-0.4, -0.2) is 0 Å². The molecule has 2 aromatic carbocycles. The molecule has 15 heavy (non-hydrogen) atoms. The van der Waals surface area contributed by atoms with Gasteiger partial charge < -0.3 is 0 Å². The third kappa shape index (κ3) is 1.67. The molecule has 0 heterocycles. The number of nitriles is 1. The molecule has 2 rings (SSSR count). The zero-order valence-corrected chi connectivity index (χ0v) is 9.58. The van der Waals surface area contributed by atoms with Crippen LogP contribution in [0, 0.1) is 11.3 Å². The third-order valence-electron chi connectivity index (χ3n) is 2.34. The first kappa shape index (κ1) is 9.95. The molecule has 2 heteroatoms. The van der Waals surface area contributed by atoms with Crippen LogP contribution in [0.25, 0.3) is 16.8 Å². The van der Waals surface area contributed by atoms with Gasteiger partial charge >= 0.3 is 0 Å². The van der Waals surface area contributed by atoms with Gasteiger partial charge in [-0.25, -0.2) is 0 Å². The maximum atomic E-state index is 8.97. The molecular weight excluding hydrogens is 250 g/mol. The summed E-state index contributed by atoms with van der Waals surface area (Å²) in [4.78, 5) is 0. The Bertz CT molecular complexity index is 579. The molecule has 0 saturated carbocycles. The van der Waals surface area contributed by atoms with Gasteiger partial charge in [0.1, 0.15) is 0 Å². The summed E-state index contributed by atoms with van der Waals surface area (Å²) in [6.45, 7) is 3.73. The Morgan fingerprint density at radius 2 is 2.00 bits per heavy atom. The fourth-order valence-electron chi connectivity index (χ4n) is 1.55. The van der Waals surface area contributed by atoms with Crippen molar-refractivity contribution in [2.45, 2.75) is 0 Å². The molecule has 72 valence electrons. The second-order valence-corrected chi connectivity index (χ2v) is 4.07. The molecule has 2 aromatic rings. The smallest absolute Gasteiger partial charge is 0.0998 e. The molecular formula is C13H8BrN. The number of rotatable bonds is 1. The number of nitrogens with zero attached hydrogens (tertiary/aromatic N) is 1. The summed E-state index contributed by atoms with van der Waals surface area (Å²) in [6, 6.07) is 11.8. The molecule has 0 radical (unpaired) electrons. The Hall–Kier alpha value is -1.59. The van der Waals surface area contributed by atoms with Gasteiger partial charge in [0.25, 0.3) is 0 Å². The van der Waals surface area contributed by atoms with Gasteiger partial charge in [0, 0.05) is 9.86 Å². The normalized spacial score (nSPS) is 9.87. The third-order valence-corrected chi connectivity index (χ3v) is 3.04. The lowest BCUT2D eigenvalue weighted by molar-refractivity contribution is 1.50. The lowest BCUT2D eigenvalue weighted by Gasteiger charge is -2.03. The van der Waals surface area contributed by atoms with E-state index in [0.29, 0.717) is 5.56 Å². The zero-order valence-electron chi connectivity index (χ0n) is 8.00. The Balaban J connectivity index is 2.89. The van der Waals surface area contributed by atoms with Gasteiger partial charge in [-0.1, -0.05) is 40.7 Å². The summed E-state index contributed by atoms with van der Waals surface area (Å²) in [5, 5.41) is 11.0. The van der Waals surface area contributed by atoms with Gasteiger partial charge in [0.2, 0.25) is 0 Å². The molecule has 0 spiro atoms. The van der Waals surface area contributed by atoms with Crippen LogP contribution in [0.15, 0.2) is 41.4 Å². The van der Waals surface area contributed by atoms with Crippen molar-refractivity contribution >= 4 is 32.8 Å². The standard InChI is InChI=1S/C13H8BrN/c1-2-9-3-5-11-10(8-15)4-6-13(14)12(11)7-9/h2-7H,1H2. The number of halogens is 1. The SMILES string of the molecule is C=Cc1ccc2c(C#N)ccc(Br)c2c1. The summed E-state index contributed by atoms with van der Waals surface area (Å²) in [5.74, 6) is 0. The minimum Gasteiger partial charge on any atom is -0.192 e. The van der Waals surface area contributed by atoms with Crippen molar-refractivity contribution in [2.24, 2.45) is 0 Å². The first-order valence-corrected chi connectivity index (χ1v) is 5.30.